The number of hydrogen-bond acceptors (Lipinski definition) is 4. The highest BCUT2D eigenvalue weighted by molar-refractivity contribution is 5.76. The first-order valence-corrected chi connectivity index (χ1v) is 5.83. The Balaban J connectivity index is 3.77. The van der Waals surface area contributed by atoms with Crippen LogP contribution in [0.5, 0.6) is 0 Å². The molecule has 1 unspecified atom stereocenters. The lowest BCUT2D eigenvalue weighted by atomic mass is 10.2. The summed E-state index contributed by atoms with van der Waals surface area (Å²) in [6, 6.07) is 0.256. The van der Waals surface area contributed by atoms with Crippen molar-refractivity contribution in [3.63, 3.8) is 0 Å². The number of likely N-dealkylation sites (N-methyl/N-ethyl adjacent to an activating group) is 1. The predicted molar refractivity (Wildman–Crippen MR) is 67.3 cm³/mol. The first-order chi connectivity index (χ1) is 7.45. The van der Waals surface area contributed by atoms with Crippen molar-refractivity contribution in [1.82, 2.24) is 15.5 Å². The van der Waals surface area contributed by atoms with E-state index in [1.54, 1.807) is 0 Å². The van der Waals surface area contributed by atoms with Gasteiger partial charge in [0, 0.05) is 38.1 Å². The van der Waals surface area contributed by atoms with Crippen LogP contribution in [0.3, 0.4) is 0 Å². The van der Waals surface area contributed by atoms with Crippen LogP contribution < -0.4 is 16.4 Å². The van der Waals surface area contributed by atoms with Gasteiger partial charge in [-0.2, -0.15) is 0 Å². The second-order valence-electron chi connectivity index (χ2n) is 4.62. The zero-order chi connectivity index (χ0) is 12.6. The number of nitrogens with two attached hydrogens (primary N) is 1. The molecular weight excluding hydrogens is 204 g/mol. The Bertz CT molecular complexity index is 194. The van der Waals surface area contributed by atoms with Crippen molar-refractivity contribution in [3.05, 3.63) is 0 Å². The summed E-state index contributed by atoms with van der Waals surface area (Å²) in [5.41, 5.74) is 5.61. The highest BCUT2D eigenvalue weighted by atomic mass is 16.1. The lowest BCUT2D eigenvalue weighted by Gasteiger charge is -2.19. The first-order valence-electron chi connectivity index (χ1n) is 5.83. The minimum atomic E-state index is 0.0582. The summed E-state index contributed by atoms with van der Waals surface area (Å²) in [7, 11) is 4.04. The van der Waals surface area contributed by atoms with Crippen LogP contribution in [0.15, 0.2) is 0 Å². The topological polar surface area (TPSA) is 70.4 Å². The van der Waals surface area contributed by atoms with Gasteiger partial charge in [0.15, 0.2) is 0 Å². The zero-order valence-corrected chi connectivity index (χ0v) is 10.9. The van der Waals surface area contributed by atoms with Gasteiger partial charge in [0.1, 0.15) is 0 Å². The summed E-state index contributed by atoms with van der Waals surface area (Å²) in [6.07, 6.45) is 0.447. The molecule has 0 spiro atoms. The van der Waals surface area contributed by atoms with E-state index in [9.17, 15) is 4.79 Å². The van der Waals surface area contributed by atoms with Crippen LogP contribution in [0, 0.1) is 0 Å². The van der Waals surface area contributed by atoms with E-state index in [0.29, 0.717) is 13.0 Å². The summed E-state index contributed by atoms with van der Waals surface area (Å²) >= 11 is 0. The van der Waals surface area contributed by atoms with E-state index in [2.05, 4.69) is 15.5 Å². The second-order valence-corrected chi connectivity index (χ2v) is 4.62. The summed E-state index contributed by atoms with van der Waals surface area (Å²) in [5.74, 6) is 0.0582. The molecule has 5 nitrogen and oxygen atoms in total. The molecule has 1 atom stereocenters. The maximum absolute atomic E-state index is 11.5. The van der Waals surface area contributed by atoms with E-state index in [-0.39, 0.29) is 18.0 Å². The minimum Gasteiger partial charge on any atom is -0.354 e. The van der Waals surface area contributed by atoms with Crippen LogP contribution in [0.2, 0.25) is 0 Å². The third-order valence-corrected chi connectivity index (χ3v) is 2.16. The molecule has 0 rings (SSSR count). The summed E-state index contributed by atoms with van der Waals surface area (Å²) in [5, 5.41) is 6.14. The van der Waals surface area contributed by atoms with Crippen molar-refractivity contribution in [2.24, 2.45) is 5.73 Å². The van der Waals surface area contributed by atoms with Gasteiger partial charge in [0.2, 0.25) is 5.91 Å². The Hall–Kier alpha value is -0.650. The van der Waals surface area contributed by atoms with Gasteiger partial charge in [-0.05, 0) is 27.9 Å². The normalized spacial score (nSPS) is 13.2. The Morgan fingerprint density at radius 3 is 2.44 bits per heavy atom. The third kappa shape index (κ3) is 8.64. The number of rotatable bonds is 8. The zero-order valence-electron chi connectivity index (χ0n) is 10.9. The Morgan fingerprint density at radius 2 is 2.00 bits per heavy atom. The van der Waals surface area contributed by atoms with E-state index in [0.717, 1.165) is 13.1 Å². The first kappa shape index (κ1) is 15.3. The highest BCUT2D eigenvalue weighted by Crippen LogP contribution is 1.91. The van der Waals surface area contributed by atoms with E-state index >= 15 is 0 Å². The highest BCUT2D eigenvalue weighted by Gasteiger charge is 2.12. The molecule has 0 heterocycles. The number of carbonyl (C=O) groups is 1. The summed E-state index contributed by atoms with van der Waals surface area (Å²) in [4.78, 5) is 13.6. The molecule has 0 aliphatic rings. The van der Waals surface area contributed by atoms with Crippen LogP contribution in [0.25, 0.3) is 0 Å². The largest absolute Gasteiger partial charge is 0.354 e. The molecular formula is C11H26N4O. The molecule has 4 N–H and O–H groups in total. The molecule has 0 radical (unpaired) electrons. The van der Waals surface area contributed by atoms with E-state index in [4.69, 9.17) is 5.73 Å². The lowest BCUT2D eigenvalue weighted by molar-refractivity contribution is -0.122. The van der Waals surface area contributed by atoms with Gasteiger partial charge in [-0.15, -0.1) is 0 Å². The molecule has 96 valence electrons. The number of nitrogens with zero attached hydrogens (tertiary/aromatic N) is 1. The fourth-order valence-electron chi connectivity index (χ4n) is 1.34. The fourth-order valence-corrected chi connectivity index (χ4v) is 1.34. The molecule has 0 saturated heterocycles. The van der Waals surface area contributed by atoms with Gasteiger partial charge >= 0.3 is 0 Å². The fraction of sp³-hybridized carbons (Fsp3) is 0.909. The maximum atomic E-state index is 11.5. The molecule has 0 aliphatic heterocycles. The van der Waals surface area contributed by atoms with Crippen molar-refractivity contribution in [1.29, 1.82) is 0 Å². The van der Waals surface area contributed by atoms with E-state index < -0.39 is 0 Å². The Labute approximate surface area is 98.7 Å². The van der Waals surface area contributed by atoms with Crippen LogP contribution in [0.4, 0.5) is 0 Å². The maximum Gasteiger partial charge on any atom is 0.221 e. The lowest BCUT2D eigenvalue weighted by Crippen LogP contribution is -2.43. The predicted octanol–water partition coefficient (Wildman–Crippen LogP) is -0.620. The molecule has 1 amide bonds. The molecule has 5 heteroatoms. The Kier molecular flexibility index (Phi) is 8.15. The third-order valence-electron chi connectivity index (χ3n) is 2.16. The van der Waals surface area contributed by atoms with Crippen molar-refractivity contribution < 1.29 is 4.79 Å². The standard InChI is InChI=1S/C11H26N4O/c1-9(2)14-11(16)7-10(8-12)13-5-6-15(3)4/h9-10,13H,5-8,12H2,1-4H3,(H,14,16). The molecule has 0 aromatic heterocycles. The molecule has 0 aliphatic carbocycles. The van der Waals surface area contributed by atoms with Gasteiger partial charge in [-0.3, -0.25) is 4.79 Å². The van der Waals surface area contributed by atoms with Crippen LogP contribution in [-0.2, 0) is 4.79 Å². The monoisotopic (exact) mass is 230 g/mol. The summed E-state index contributed by atoms with van der Waals surface area (Å²) in [6.45, 7) is 6.19. The van der Waals surface area contributed by atoms with Crippen LogP contribution >= 0.6 is 0 Å². The Morgan fingerprint density at radius 1 is 1.38 bits per heavy atom. The number of hydrogen-bond donors (Lipinski definition) is 3. The average molecular weight is 230 g/mol. The van der Waals surface area contributed by atoms with Gasteiger partial charge in [-0.25, -0.2) is 0 Å². The minimum absolute atomic E-state index is 0.0582. The molecule has 0 saturated carbocycles. The molecule has 0 aromatic carbocycles. The average Bonchev–Trinajstić information content (AvgIpc) is 2.14. The van der Waals surface area contributed by atoms with Gasteiger partial charge in [0.05, 0.1) is 0 Å². The number of nitrogens with one attached hydrogen (secondary N) is 2. The van der Waals surface area contributed by atoms with Crippen LogP contribution in [0.1, 0.15) is 20.3 Å². The van der Waals surface area contributed by atoms with E-state index in [1.165, 1.54) is 0 Å². The number of amides is 1. The smallest absolute Gasteiger partial charge is 0.221 e. The second kappa shape index (κ2) is 8.50. The molecule has 0 aromatic rings. The van der Waals surface area contributed by atoms with Crippen molar-refractivity contribution in [3.8, 4) is 0 Å². The van der Waals surface area contributed by atoms with Gasteiger partial charge in [-0.1, -0.05) is 0 Å². The molecule has 0 bridgehead atoms. The van der Waals surface area contributed by atoms with Crippen molar-refractivity contribution in [2.45, 2.75) is 32.4 Å². The van der Waals surface area contributed by atoms with Gasteiger partial charge < -0.3 is 21.3 Å². The number of carbonyl (C=O) groups excluding carboxylic acids is 1. The molecule has 0 fully saturated rings. The quantitative estimate of drug-likeness (QED) is 0.520. The van der Waals surface area contributed by atoms with Crippen molar-refractivity contribution >= 4 is 5.91 Å². The SMILES string of the molecule is CC(C)NC(=O)CC(CN)NCCN(C)C. The van der Waals surface area contributed by atoms with Gasteiger partial charge in [0.25, 0.3) is 0 Å². The summed E-state index contributed by atoms with van der Waals surface area (Å²) < 4.78 is 0. The molecule has 16 heavy (non-hydrogen) atoms. The van der Waals surface area contributed by atoms with E-state index in [1.807, 2.05) is 27.9 Å². The van der Waals surface area contributed by atoms with Crippen LogP contribution in [-0.4, -0.2) is 56.6 Å². The van der Waals surface area contributed by atoms with Crippen molar-refractivity contribution in [2.75, 3.05) is 33.7 Å².